The van der Waals surface area contributed by atoms with Crippen LogP contribution >= 0.6 is 24.0 Å². The summed E-state index contributed by atoms with van der Waals surface area (Å²) in [4.78, 5) is 0. The minimum Gasteiger partial charge on any atom is -0.383 e. The fourth-order valence-corrected chi connectivity index (χ4v) is 4.47. The Hall–Kier alpha value is -0.370. The van der Waals surface area contributed by atoms with Crippen molar-refractivity contribution in [1.82, 2.24) is 9.62 Å². The average Bonchev–Trinajstić information content (AvgIpc) is 2.48. The van der Waals surface area contributed by atoms with Crippen molar-refractivity contribution in [3.05, 3.63) is 34.9 Å². The van der Waals surface area contributed by atoms with Gasteiger partial charge in [-0.3, -0.25) is 0 Å². The van der Waals surface area contributed by atoms with E-state index in [9.17, 15) is 8.42 Å². The molecule has 1 fully saturated rings. The summed E-state index contributed by atoms with van der Waals surface area (Å²) in [6, 6.07) is 7.10. The summed E-state index contributed by atoms with van der Waals surface area (Å²) in [7, 11) is -1.92. The van der Waals surface area contributed by atoms with E-state index >= 15 is 0 Å². The summed E-state index contributed by atoms with van der Waals surface area (Å²) >= 11 is 6.24. The number of nitrogens with one attached hydrogen (secondary N) is 1. The highest BCUT2D eigenvalue weighted by Gasteiger charge is 2.37. The zero-order valence-corrected chi connectivity index (χ0v) is 15.0. The average molecular weight is 369 g/mol. The molecule has 0 aromatic heterocycles. The highest BCUT2D eigenvalue weighted by Crippen LogP contribution is 2.31. The van der Waals surface area contributed by atoms with Crippen LogP contribution in [0, 0.1) is 0 Å². The maximum absolute atomic E-state index is 12.7. The molecular weight excluding hydrogens is 347 g/mol. The number of hydrogen-bond donors (Lipinski definition) is 1. The summed E-state index contributed by atoms with van der Waals surface area (Å²) in [5.74, 6) is 0. The van der Waals surface area contributed by atoms with Gasteiger partial charge in [-0.25, -0.2) is 8.42 Å². The fraction of sp³-hybridized carbons (Fsp3) is 0.571. The normalized spacial score (nSPS) is 21.1. The molecule has 1 aliphatic rings. The quantitative estimate of drug-likeness (QED) is 0.864. The van der Waals surface area contributed by atoms with Crippen LogP contribution in [0.25, 0.3) is 0 Å². The lowest BCUT2D eigenvalue weighted by Gasteiger charge is -2.37. The first kappa shape index (κ1) is 19.7. The summed E-state index contributed by atoms with van der Waals surface area (Å²) in [5.41, 5.74) is 0.833. The second-order valence-electron chi connectivity index (χ2n) is 5.16. The molecule has 8 heteroatoms. The van der Waals surface area contributed by atoms with Crippen molar-refractivity contribution in [2.75, 3.05) is 33.4 Å². The fourth-order valence-electron chi connectivity index (χ4n) is 2.55. The first-order valence-corrected chi connectivity index (χ1v) is 8.81. The van der Waals surface area contributed by atoms with E-state index in [4.69, 9.17) is 16.3 Å². The van der Waals surface area contributed by atoms with Gasteiger partial charge in [0.1, 0.15) is 0 Å². The lowest BCUT2D eigenvalue weighted by molar-refractivity contribution is 0.194. The number of ether oxygens (including phenoxy) is 1. The van der Waals surface area contributed by atoms with Crippen molar-refractivity contribution in [1.29, 1.82) is 0 Å². The van der Waals surface area contributed by atoms with Gasteiger partial charge >= 0.3 is 0 Å². The van der Waals surface area contributed by atoms with Gasteiger partial charge in [0, 0.05) is 31.8 Å². The summed E-state index contributed by atoms with van der Waals surface area (Å²) in [6.45, 7) is 3.49. The van der Waals surface area contributed by atoms with Crippen molar-refractivity contribution >= 4 is 34.0 Å². The van der Waals surface area contributed by atoms with Crippen LogP contribution in [-0.4, -0.2) is 51.3 Å². The molecule has 22 heavy (non-hydrogen) atoms. The molecule has 0 spiro atoms. The first-order valence-electron chi connectivity index (χ1n) is 6.93. The van der Waals surface area contributed by atoms with Crippen LogP contribution in [0.1, 0.15) is 18.5 Å². The first-order chi connectivity index (χ1) is 9.98. The van der Waals surface area contributed by atoms with Crippen molar-refractivity contribution in [3.8, 4) is 0 Å². The minimum atomic E-state index is -3.43. The van der Waals surface area contributed by atoms with Gasteiger partial charge in [-0.05, 0) is 18.6 Å². The molecule has 5 nitrogen and oxygen atoms in total. The lowest BCUT2D eigenvalue weighted by Crippen LogP contribution is -2.51. The van der Waals surface area contributed by atoms with Crippen LogP contribution in [0.4, 0.5) is 0 Å². The summed E-state index contributed by atoms with van der Waals surface area (Å²) in [6.07, 6.45) is 0. The zero-order chi connectivity index (χ0) is 15.5. The second kappa shape index (κ2) is 8.47. The Balaban J connectivity index is 0.00000242. The molecule has 1 aromatic rings. The van der Waals surface area contributed by atoms with Gasteiger partial charge in [0.25, 0.3) is 0 Å². The molecule has 126 valence electrons. The predicted octanol–water partition coefficient (Wildman–Crippen LogP) is 2.07. The van der Waals surface area contributed by atoms with Crippen molar-refractivity contribution < 1.29 is 13.2 Å². The van der Waals surface area contributed by atoms with Crippen LogP contribution in [-0.2, 0) is 14.8 Å². The molecule has 2 rings (SSSR count). The minimum absolute atomic E-state index is 0. The van der Waals surface area contributed by atoms with Gasteiger partial charge in [-0.1, -0.05) is 29.8 Å². The molecule has 1 N–H and O–H groups in total. The molecule has 0 saturated carbocycles. The summed E-state index contributed by atoms with van der Waals surface area (Å²) in [5, 5.41) is 3.25. The topological polar surface area (TPSA) is 58.6 Å². The van der Waals surface area contributed by atoms with Gasteiger partial charge in [0.15, 0.2) is 0 Å². The van der Waals surface area contributed by atoms with Gasteiger partial charge in [0.2, 0.25) is 10.0 Å². The van der Waals surface area contributed by atoms with Crippen molar-refractivity contribution in [2.24, 2.45) is 0 Å². The third-order valence-electron chi connectivity index (χ3n) is 3.70. The molecule has 2 unspecified atom stereocenters. The van der Waals surface area contributed by atoms with Gasteiger partial charge in [-0.15, -0.1) is 12.4 Å². The molecule has 2 atom stereocenters. The molecule has 0 bridgehead atoms. The van der Waals surface area contributed by atoms with E-state index in [1.54, 1.807) is 17.3 Å². The van der Waals surface area contributed by atoms with E-state index < -0.39 is 15.3 Å². The highest BCUT2D eigenvalue weighted by molar-refractivity contribution is 7.89. The third kappa shape index (κ3) is 4.13. The maximum Gasteiger partial charge on any atom is 0.219 e. The van der Waals surface area contributed by atoms with Gasteiger partial charge in [-0.2, -0.15) is 4.31 Å². The Morgan fingerprint density at radius 1 is 1.45 bits per heavy atom. The molecule has 1 heterocycles. The van der Waals surface area contributed by atoms with E-state index in [0.29, 0.717) is 24.7 Å². The van der Waals surface area contributed by atoms with E-state index in [1.807, 2.05) is 18.2 Å². The molecular formula is C14H22Cl2N2O3S. The Morgan fingerprint density at radius 2 is 2.14 bits per heavy atom. The van der Waals surface area contributed by atoms with Crippen LogP contribution in [0.2, 0.25) is 5.02 Å². The van der Waals surface area contributed by atoms with Crippen molar-refractivity contribution in [2.45, 2.75) is 18.2 Å². The molecule has 0 amide bonds. The van der Waals surface area contributed by atoms with Crippen LogP contribution in [0.3, 0.4) is 0 Å². The number of hydrogen-bond acceptors (Lipinski definition) is 4. The lowest BCUT2D eigenvalue weighted by atomic mass is 10.1. The Kier molecular flexibility index (Phi) is 7.58. The molecule has 1 aliphatic heterocycles. The Bertz CT molecular complexity index is 583. The molecule has 0 radical (unpaired) electrons. The number of nitrogens with zero attached hydrogens (tertiary/aromatic N) is 1. The number of benzene rings is 1. The molecule has 1 saturated heterocycles. The van der Waals surface area contributed by atoms with E-state index in [0.717, 1.165) is 5.56 Å². The SMILES string of the molecule is COCC(C)S(=O)(=O)N1CCNCC1c1ccccc1Cl.Cl. The third-order valence-corrected chi connectivity index (χ3v) is 6.28. The van der Waals surface area contributed by atoms with E-state index in [1.165, 1.54) is 7.11 Å². The van der Waals surface area contributed by atoms with Gasteiger partial charge in [0.05, 0.1) is 17.9 Å². The Labute approximate surface area is 143 Å². The largest absolute Gasteiger partial charge is 0.383 e. The van der Waals surface area contributed by atoms with E-state index in [-0.39, 0.29) is 25.1 Å². The number of halogens is 2. The van der Waals surface area contributed by atoms with Gasteiger partial charge < -0.3 is 10.1 Å². The van der Waals surface area contributed by atoms with Crippen LogP contribution in [0.5, 0.6) is 0 Å². The van der Waals surface area contributed by atoms with Crippen LogP contribution in [0.15, 0.2) is 24.3 Å². The smallest absolute Gasteiger partial charge is 0.219 e. The monoisotopic (exact) mass is 368 g/mol. The highest BCUT2D eigenvalue weighted by atomic mass is 35.5. The van der Waals surface area contributed by atoms with E-state index in [2.05, 4.69) is 5.32 Å². The number of piperazine rings is 1. The molecule has 1 aromatic carbocycles. The summed E-state index contributed by atoms with van der Waals surface area (Å²) < 4.78 is 32.0. The van der Waals surface area contributed by atoms with Crippen LogP contribution < -0.4 is 5.32 Å². The number of rotatable bonds is 5. The van der Waals surface area contributed by atoms with Crippen molar-refractivity contribution in [3.63, 3.8) is 0 Å². The second-order valence-corrected chi connectivity index (χ2v) is 7.87. The predicted molar refractivity (Wildman–Crippen MR) is 91.3 cm³/mol. The number of sulfonamides is 1. The standard InChI is InChI=1S/C14H21ClN2O3S.ClH/c1-11(10-20-2)21(18,19)17-8-7-16-9-14(17)12-5-3-4-6-13(12)15;/h3-6,11,14,16H,7-10H2,1-2H3;1H. The maximum atomic E-state index is 12.7. The molecule has 0 aliphatic carbocycles. The number of methoxy groups -OCH3 is 1. The zero-order valence-electron chi connectivity index (χ0n) is 12.7. The Morgan fingerprint density at radius 3 is 2.77 bits per heavy atom.